The highest BCUT2D eigenvalue weighted by atomic mass is 16.6. The summed E-state index contributed by atoms with van der Waals surface area (Å²) in [4.78, 5) is 27.5. The van der Waals surface area contributed by atoms with E-state index in [1.165, 1.54) is 0 Å². The van der Waals surface area contributed by atoms with Gasteiger partial charge in [-0.2, -0.15) is 5.26 Å². The Morgan fingerprint density at radius 1 is 1.67 bits per heavy atom. The van der Waals surface area contributed by atoms with Gasteiger partial charge in [-0.15, -0.1) is 0 Å². The summed E-state index contributed by atoms with van der Waals surface area (Å²) in [5, 5.41) is 31.8. The van der Waals surface area contributed by atoms with E-state index in [1.807, 2.05) is 4.98 Å². The van der Waals surface area contributed by atoms with E-state index in [-0.39, 0.29) is 0 Å². The second-order valence-corrected chi connectivity index (χ2v) is 4.33. The predicted octanol–water partition coefficient (Wildman–Crippen LogP) is -2.19. The third-order valence-electron chi connectivity index (χ3n) is 3.15. The van der Waals surface area contributed by atoms with E-state index in [0.717, 1.165) is 16.8 Å². The molecule has 1 aliphatic heterocycles. The van der Waals surface area contributed by atoms with Gasteiger partial charge in [0.15, 0.2) is 11.3 Å². The van der Waals surface area contributed by atoms with Crippen LogP contribution in [0, 0.1) is 22.8 Å². The standard InChI is InChI=1S/C10H10N6O5/c11-3-5-7(19)10(4-17,14-15-12)21-8(5)16-2-1-6(18)13-9(16)20/h1-2,5,7-8,12,17,19H,4H2/p+1/t5-,7-,8+,10+/m0/s1. The molecule has 0 bridgehead atoms. The average molecular weight is 295 g/mol. The van der Waals surface area contributed by atoms with Gasteiger partial charge < -0.3 is 14.9 Å². The Balaban J connectivity index is 2.54. The van der Waals surface area contributed by atoms with Crippen LogP contribution in [0.25, 0.3) is 0 Å². The van der Waals surface area contributed by atoms with Crippen LogP contribution in [0.5, 0.6) is 0 Å². The van der Waals surface area contributed by atoms with Crippen molar-refractivity contribution in [1.29, 1.82) is 10.8 Å². The summed E-state index contributed by atoms with van der Waals surface area (Å²) in [6.45, 7) is -0.844. The summed E-state index contributed by atoms with van der Waals surface area (Å²) in [6.07, 6.45) is -1.81. The lowest BCUT2D eigenvalue weighted by molar-refractivity contribution is -0.128. The highest BCUT2D eigenvalue weighted by Gasteiger charge is 2.60. The first-order valence-electron chi connectivity index (χ1n) is 5.75. The fourth-order valence-corrected chi connectivity index (χ4v) is 2.11. The molecule has 4 atom stereocenters. The summed E-state index contributed by atoms with van der Waals surface area (Å²) < 4.78 is 6.18. The molecule has 0 amide bonds. The molecule has 0 unspecified atom stereocenters. The van der Waals surface area contributed by atoms with Gasteiger partial charge >= 0.3 is 5.69 Å². The molecule has 4 N–H and O–H groups in total. The monoisotopic (exact) mass is 295 g/mol. The van der Waals surface area contributed by atoms with Crippen molar-refractivity contribution >= 4 is 0 Å². The van der Waals surface area contributed by atoms with Crippen molar-refractivity contribution in [3.05, 3.63) is 33.1 Å². The fraction of sp³-hybridized carbons (Fsp3) is 0.500. The van der Waals surface area contributed by atoms with Crippen LogP contribution in [0.3, 0.4) is 0 Å². The van der Waals surface area contributed by atoms with Crippen LogP contribution in [0.1, 0.15) is 6.23 Å². The normalized spacial score (nSPS) is 31.4. The molecule has 1 aromatic heterocycles. The van der Waals surface area contributed by atoms with Crippen molar-refractivity contribution < 1.29 is 14.9 Å². The SMILES string of the molecule is N#C[C@@H]1[C@H](n2ccc(=O)[nH]c2=O)O[C@@](CO)(N=[N+]=N)[C@H]1O. The maximum Gasteiger partial charge on any atom is 0.330 e. The van der Waals surface area contributed by atoms with Crippen LogP contribution in [0.2, 0.25) is 0 Å². The van der Waals surface area contributed by atoms with Gasteiger partial charge in [-0.05, 0) is 0 Å². The summed E-state index contributed by atoms with van der Waals surface area (Å²) in [6, 6.07) is 2.79. The lowest BCUT2D eigenvalue weighted by Gasteiger charge is -2.18. The van der Waals surface area contributed by atoms with Crippen molar-refractivity contribution in [2.75, 3.05) is 6.61 Å². The molecule has 1 fully saturated rings. The van der Waals surface area contributed by atoms with Crippen molar-refractivity contribution in [3.8, 4) is 6.07 Å². The Morgan fingerprint density at radius 2 is 2.38 bits per heavy atom. The van der Waals surface area contributed by atoms with Gasteiger partial charge in [-0.3, -0.25) is 14.3 Å². The molecule has 2 heterocycles. The van der Waals surface area contributed by atoms with E-state index in [4.69, 9.17) is 15.5 Å². The van der Waals surface area contributed by atoms with Crippen LogP contribution in [-0.4, -0.2) is 38.2 Å². The number of nitrogens with zero attached hydrogens (tertiary/aromatic N) is 4. The number of aromatic amines is 1. The van der Waals surface area contributed by atoms with Crippen molar-refractivity contribution in [2.45, 2.75) is 18.1 Å². The molecule has 0 saturated carbocycles. The quantitative estimate of drug-likeness (QED) is 0.363. The summed E-state index contributed by atoms with van der Waals surface area (Å²) in [5.41, 5.74) is 3.21. The van der Waals surface area contributed by atoms with E-state index in [0.29, 0.717) is 0 Å². The van der Waals surface area contributed by atoms with E-state index in [9.17, 15) is 19.8 Å². The number of ether oxygens (including phenoxy) is 1. The first kappa shape index (κ1) is 14.8. The van der Waals surface area contributed by atoms with E-state index in [1.54, 1.807) is 6.07 Å². The third kappa shape index (κ3) is 2.28. The second-order valence-electron chi connectivity index (χ2n) is 4.33. The molecule has 2 rings (SSSR count). The fourth-order valence-electron chi connectivity index (χ4n) is 2.11. The molecule has 1 aromatic rings. The Morgan fingerprint density at radius 3 is 2.90 bits per heavy atom. The molecule has 0 aliphatic carbocycles. The van der Waals surface area contributed by atoms with E-state index >= 15 is 0 Å². The van der Waals surface area contributed by atoms with Gasteiger partial charge in [0.2, 0.25) is 4.91 Å². The van der Waals surface area contributed by atoms with Crippen LogP contribution in [0.15, 0.2) is 27.0 Å². The molecule has 0 radical (unpaired) electrons. The Bertz CT molecular complexity index is 743. The van der Waals surface area contributed by atoms with Gasteiger partial charge in [-0.25, -0.2) is 4.79 Å². The van der Waals surface area contributed by atoms with Gasteiger partial charge in [0.05, 0.1) is 6.07 Å². The van der Waals surface area contributed by atoms with Gasteiger partial charge in [0, 0.05) is 12.3 Å². The molecule has 21 heavy (non-hydrogen) atoms. The highest BCUT2D eigenvalue weighted by Crippen LogP contribution is 2.41. The summed E-state index contributed by atoms with van der Waals surface area (Å²) in [5.74, 6) is -1.26. The van der Waals surface area contributed by atoms with Gasteiger partial charge in [0.25, 0.3) is 11.3 Å². The number of nitrogens with one attached hydrogen (secondary N) is 2. The van der Waals surface area contributed by atoms with Crippen molar-refractivity contribution in [3.63, 3.8) is 0 Å². The Kier molecular flexibility index (Phi) is 3.79. The minimum absolute atomic E-state index is 0.637. The summed E-state index contributed by atoms with van der Waals surface area (Å²) in [7, 11) is 0. The Hall–Kier alpha value is -2.64. The number of aromatic nitrogens is 2. The number of hydrogen-bond acceptors (Lipinski definition) is 8. The van der Waals surface area contributed by atoms with Crippen molar-refractivity contribution in [2.24, 2.45) is 11.0 Å². The minimum atomic E-state index is -2.01. The highest BCUT2D eigenvalue weighted by molar-refractivity contribution is 5.07. The topological polar surface area (TPSA) is 179 Å². The van der Waals surface area contributed by atoms with E-state index < -0.39 is 41.8 Å². The smallest absolute Gasteiger partial charge is 0.330 e. The number of aliphatic hydroxyl groups excluding tert-OH is 2. The van der Waals surface area contributed by atoms with Gasteiger partial charge in [0.1, 0.15) is 24.2 Å². The molecule has 1 aliphatic rings. The number of aliphatic hydroxyl groups is 2. The van der Waals surface area contributed by atoms with Crippen molar-refractivity contribution in [1.82, 2.24) is 14.5 Å². The zero-order valence-electron chi connectivity index (χ0n) is 10.5. The molecule has 11 nitrogen and oxygen atoms in total. The molecule has 1 saturated heterocycles. The predicted molar refractivity (Wildman–Crippen MR) is 63.7 cm³/mol. The van der Waals surface area contributed by atoms with Crippen LogP contribution >= 0.6 is 0 Å². The minimum Gasteiger partial charge on any atom is -0.391 e. The molecule has 0 aromatic carbocycles. The van der Waals surface area contributed by atoms with Crippen LogP contribution in [-0.2, 0) is 4.74 Å². The molecular formula is C10H11N6O5+. The number of rotatable bonds is 3. The lowest BCUT2D eigenvalue weighted by atomic mass is 9.98. The van der Waals surface area contributed by atoms with Gasteiger partial charge in [-0.1, -0.05) is 0 Å². The van der Waals surface area contributed by atoms with Crippen LogP contribution < -0.4 is 16.2 Å². The largest absolute Gasteiger partial charge is 0.391 e. The molecule has 11 heteroatoms. The first-order valence-corrected chi connectivity index (χ1v) is 5.75. The third-order valence-corrected chi connectivity index (χ3v) is 3.15. The maximum atomic E-state index is 11.7. The first-order chi connectivity index (χ1) is 9.99. The zero-order valence-corrected chi connectivity index (χ0v) is 10.5. The second kappa shape index (κ2) is 5.39. The maximum absolute atomic E-state index is 11.7. The van der Waals surface area contributed by atoms with Crippen LogP contribution in [0.4, 0.5) is 0 Å². The molecule has 110 valence electrons. The number of nitriles is 1. The molecule has 0 spiro atoms. The number of hydrogen-bond donors (Lipinski definition) is 4. The zero-order chi connectivity index (χ0) is 15.6. The summed E-state index contributed by atoms with van der Waals surface area (Å²) >= 11 is 0. The molecular weight excluding hydrogens is 284 g/mol. The number of H-pyrrole nitrogens is 1. The van der Waals surface area contributed by atoms with E-state index in [2.05, 4.69) is 10.0 Å². The average Bonchev–Trinajstić information content (AvgIpc) is 2.72. The lowest BCUT2D eigenvalue weighted by Crippen LogP contribution is -2.43. The Labute approximate surface area is 116 Å².